The van der Waals surface area contributed by atoms with E-state index in [1.54, 1.807) is 11.8 Å². The minimum atomic E-state index is -0.543. The Morgan fingerprint density at radius 2 is 2.09 bits per heavy atom. The highest BCUT2D eigenvalue weighted by Crippen LogP contribution is 2.55. The molecule has 0 heterocycles. The van der Waals surface area contributed by atoms with Crippen molar-refractivity contribution in [3.8, 4) is 0 Å². The minimum absolute atomic E-state index is 0. The maximum atomic E-state index is 11.9. The lowest BCUT2D eigenvalue weighted by molar-refractivity contribution is -0.116. The van der Waals surface area contributed by atoms with Crippen molar-refractivity contribution in [3.63, 3.8) is 0 Å². The zero-order valence-electron chi connectivity index (χ0n) is 12.4. The number of hydrogen-bond acceptors (Lipinski definition) is 3. The van der Waals surface area contributed by atoms with Crippen LogP contribution in [0.3, 0.4) is 0 Å². The van der Waals surface area contributed by atoms with Crippen LogP contribution < -0.4 is 10.6 Å². The molecule has 7 heteroatoms. The van der Waals surface area contributed by atoms with Gasteiger partial charge in [0.05, 0.1) is 5.69 Å². The second-order valence-electron chi connectivity index (χ2n) is 5.22. The van der Waals surface area contributed by atoms with Crippen molar-refractivity contribution in [2.45, 2.75) is 28.5 Å². The van der Waals surface area contributed by atoms with Crippen LogP contribution in [-0.2, 0) is 4.79 Å². The van der Waals surface area contributed by atoms with Crippen molar-refractivity contribution in [3.05, 3.63) is 24.3 Å². The van der Waals surface area contributed by atoms with E-state index in [0.29, 0.717) is 12.3 Å². The third-order valence-corrected chi connectivity index (χ3v) is 5.55. The van der Waals surface area contributed by atoms with E-state index in [1.807, 2.05) is 31.3 Å². The molecule has 0 radical (unpaired) electrons. The fourth-order valence-corrected chi connectivity index (χ4v) is 3.92. The number of para-hydroxylation sites is 1. The van der Waals surface area contributed by atoms with Crippen LogP contribution in [0.2, 0.25) is 0 Å². The smallest absolute Gasteiger partial charge is 0.224 e. The van der Waals surface area contributed by atoms with Gasteiger partial charge in [-0.15, -0.1) is 47.4 Å². The number of rotatable bonds is 8. The van der Waals surface area contributed by atoms with Gasteiger partial charge in [-0.25, -0.2) is 0 Å². The summed E-state index contributed by atoms with van der Waals surface area (Å²) < 4.78 is -0.543. The molecule has 1 aromatic carbocycles. The third kappa shape index (κ3) is 6.17. The second-order valence-corrected chi connectivity index (χ2v) is 7.83. The summed E-state index contributed by atoms with van der Waals surface area (Å²) in [7, 11) is 1.88. The number of nitrogens with one attached hydrogen (secondary N) is 2. The molecule has 1 aliphatic rings. The Morgan fingerprint density at radius 1 is 1.41 bits per heavy atom. The van der Waals surface area contributed by atoms with Crippen molar-refractivity contribution in [2.75, 3.05) is 24.7 Å². The molecule has 3 nitrogen and oxygen atoms in total. The molecule has 124 valence electrons. The van der Waals surface area contributed by atoms with Crippen LogP contribution in [0.5, 0.6) is 0 Å². The van der Waals surface area contributed by atoms with Crippen LogP contribution in [-0.4, -0.2) is 29.6 Å². The summed E-state index contributed by atoms with van der Waals surface area (Å²) in [6, 6.07) is 7.85. The molecule has 1 unspecified atom stereocenters. The van der Waals surface area contributed by atoms with Gasteiger partial charge in [-0.1, -0.05) is 12.1 Å². The Hall–Kier alpha value is -0.130. The molecule has 0 saturated heterocycles. The Bertz CT molecular complexity index is 499. The molecule has 1 saturated carbocycles. The molecule has 1 fully saturated rings. The molecule has 1 atom stereocenters. The summed E-state index contributed by atoms with van der Waals surface area (Å²) in [6.07, 6.45) is 2.21. The lowest BCUT2D eigenvalue weighted by Gasteiger charge is -2.11. The van der Waals surface area contributed by atoms with Crippen LogP contribution in [0.25, 0.3) is 0 Å². The first-order valence-corrected chi connectivity index (χ1v) is 8.81. The number of alkyl halides is 2. The van der Waals surface area contributed by atoms with Crippen LogP contribution in [0.1, 0.15) is 19.3 Å². The fourth-order valence-electron chi connectivity index (χ4n) is 1.98. The zero-order valence-corrected chi connectivity index (χ0v) is 15.5. The van der Waals surface area contributed by atoms with E-state index < -0.39 is 4.33 Å². The normalized spacial score (nSPS) is 18.4. The zero-order chi connectivity index (χ0) is 15.3. The van der Waals surface area contributed by atoms with Crippen LogP contribution in [0.4, 0.5) is 5.69 Å². The van der Waals surface area contributed by atoms with Crippen LogP contribution in [0, 0.1) is 5.92 Å². The number of anilines is 1. The molecule has 0 aliphatic heterocycles. The van der Waals surface area contributed by atoms with E-state index in [1.165, 1.54) is 0 Å². The lowest BCUT2D eigenvalue weighted by atomic mass is 10.2. The predicted octanol–water partition coefficient (Wildman–Crippen LogP) is 4.33. The topological polar surface area (TPSA) is 41.1 Å². The second kappa shape index (κ2) is 9.24. The first-order valence-electron chi connectivity index (χ1n) is 7.07. The summed E-state index contributed by atoms with van der Waals surface area (Å²) in [6.45, 7) is 0.846. The average molecular weight is 384 g/mol. The lowest BCUT2D eigenvalue weighted by Crippen LogP contribution is -2.15. The van der Waals surface area contributed by atoms with Crippen molar-refractivity contribution < 1.29 is 4.79 Å². The highest BCUT2D eigenvalue weighted by Gasteiger charge is 2.51. The van der Waals surface area contributed by atoms with Crippen molar-refractivity contribution in [1.29, 1.82) is 0 Å². The summed E-state index contributed by atoms with van der Waals surface area (Å²) in [5, 5.41) is 6.02. The monoisotopic (exact) mass is 382 g/mol. The van der Waals surface area contributed by atoms with Gasteiger partial charge in [0.2, 0.25) is 5.91 Å². The molecular weight excluding hydrogens is 363 g/mol. The number of benzene rings is 1. The number of carbonyl (C=O) groups is 1. The van der Waals surface area contributed by atoms with Crippen LogP contribution in [0.15, 0.2) is 29.2 Å². The maximum Gasteiger partial charge on any atom is 0.224 e. The summed E-state index contributed by atoms with van der Waals surface area (Å²) in [5.74, 6) is 1.26. The molecule has 0 aromatic heterocycles. The Morgan fingerprint density at radius 3 is 2.73 bits per heavy atom. The standard InChI is InChI=1S/C15H20Cl2N2OS.ClH/c1-18-8-4-7-14(20)19-12-5-2-3-6-13(12)21-10-11-9-15(11,16)17;/h2-3,5-6,11,18H,4,7-10H2,1H3,(H,19,20);1H. The first-order chi connectivity index (χ1) is 10.0. The molecule has 0 bridgehead atoms. The van der Waals surface area contributed by atoms with E-state index in [4.69, 9.17) is 23.2 Å². The van der Waals surface area contributed by atoms with E-state index in [2.05, 4.69) is 10.6 Å². The largest absolute Gasteiger partial charge is 0.325 e. The highest BCUT2D eigenvalue weighted by molar-refractivity contribution is 7.99. The van der Waals surface area contributed by atoms with E-state index >= 15 is 0 Å². The number of halogens is 3. The van der Waals surface area contributed by atoms with Gasteiger partial charge in [-0.2, -0.15) is 0 Å². The third-order valence-electron chi connectivity index (χ3n) is 3.39. The molecule has 1 aromatic rings. The summed E-state index contributed by atoms with van der Waals surface area (Å²) in [5.41, 5.74) is 0.868. The molecular formula is C15H21Cl3N2OS. The van der Waals surface area contributed by atoms with E-state index in [9.17, 15) is 4.79 Å². The number of hydrogen-bond donors (Lipinski definition) is 2. The molecule has 1 amide bonds. The van der Waals surface area contributed by atoms with Gasteiger partial charge in [0.15, 0.2) is 0 Å². The summed E-state index contributed by atoms with van der Waals surface area (Å²) >= 11 is 13.8. The number of thioether (sulfide) groups is 1. The van der Waals surface area contributed by atoms with Gasteiger partial charge >= 0.3 is 0 Å². The average Bonchev–Trinajstić information content (AvgIpc) is 3.05. The Kier molecular flexibility index (Phi) is 8.36. The van der Waals surface area contributed by atoms with Crippen LogP contribution >= 0.6 is 47.4 Å². The Balaban J connectivity index is 0.00000242. The van der Waals surface area contributed by atoms with Gasteiger partial charge in [0, 0.05) is 23.0 Å². The van der Waals surface area contributed by atoms with Gasteiger partial charge in [0.25, 0.3) is 0 Å². The Labute approximate surface area is 152 Å². The molecule has 2 N–H and O–H groups in total. The highest BCUT2D eigenvalue weighted by atomic mass is 35.5. The first kappa shape index (κ1) is 19.9. The van der Waals surface area contributed by atoms with Gasteiger partial charge in [-0.05, 0) is 38.6 Å². The SMILES string of the molecule is CNCCCC(=O)Nc1ccccc1SCC1CC1(Cl)Cl.Cl. The van der Waals surface area contributed by atoms with Gasteiger partial charge in [0.1, 0.15) is 4.33 Å². The van der Waals surface area contributed by atoms with Crippen molar-refractivity contribution in [1.82, 2.24) is 5.32 Å². The van der Waals surface area contributed by atoms with Gasteiger partial charge < -0.3 is 10.6 Å². The van der Waals surface area contributed by atoms with E-state index in [0.717, 1.165) is 35.7 Å². The quantitative estimate of drug-likeness (QED) is 0.399. The maximum absolute atomic E-state index is 11.9. The molecule has 22 heavy (non-hydrogen) atoms. The van der Waals surface area contributed by atoms with E-state index in [-0.39, 0.29) is 18.3 Å². The molecule has 2 rings (SSSR count). The predicted molar refractivity (Wildman–Crippen MR) is 98.7 cm³/mol. The van der Waals surface area contributed by atoms with Gasteiger partial charge in [-0.3, -0.25) is 4.79 Å². The number of carbonyl (C=O) groups excluding carboxylic acids is 1. The molecule has 0 spiro atoms. The minimum Gasteiger partial charge on any atom is -0.325 e. The number of amides is 1. The van der Waals surface area contributed by atoms with Crippen molar-refractivity contribution >= 4 is 59.0 Å². The van der Waals surface area contributed by atoms with Crippen molar-refractivity contribution in [2.24, 2.45) is 5.92 Å². The summed E-state index contributed by atoms with van der Waals surface area (Å²) in [4.78, 5) is 13.0. The fraction of sp³-hybridized carbons (Fsp3) is 0.533. The molecule has 1 aliphatic carbocycles.